The molecular weight excluding hydrogens is 953 g/mol. The Hall–Kier alpha value is -7.62. The summed E-state index contributed by atoms with van der Waals surface area (Å²) in [5.41, 5.74) is 8.67. The fourth-order valence-corrected chi connectivity index (χ4v) is 8.73. The molecule has 22 nitrogen and oxygen atoms in total. The van der Waals surface area contributed by atoms with Gasteiger partial charge in [-0.2, -0.15) is 0 Å². The van der Waals surface area contributed by atoms with E-state index in [9.17, 15) is 48.6 Å². The van der Waals surface area contributed by atoms with Crippen LogP contribution in [0, 0.1) is 17.8 Å². The summed E-state index contributed by atoms with van der Waals surface area (Å²) < 4.78 is 0. The first kappa shape index (κ1) is 57.3. The molecule has 2 aromatic heterocycles. The Morgan fingerprint density at radius 2 is 1.11 bits per heavy atom. The lowest BCUT2D eigenvalue weighted by atomic mass is 9.98. The Morgan fingerprint density at radius 3 is 1.64 bits per heavy atom. The summed E-state index contributed by atoms with van der Waals surface area (Å²) in [6.45, 7) is 11.0. The minimum atomic E-state index is -1.36. The molecule has 3 heterocycles. The largest absolute Gasteiger partial charge is 0.508 e. The number of aromatic amines is 2. The van der Waals surface area contributed by atoms with Gasteiger partial charge in [-0.05, 0) is 66.7 Å². The standard InChI is InChI=1S/C52H72N12O10/c1-29(2)19-38(45(66)59-39(20-30(3)4)48(69)63-44(31(5)6)50(71)62-42(52(73)74)22-33-14-16-36(65)17-15-33)58-47(68)41(24-35-26-55-28-57-35)60-46(67)40(21-32-11-8-7-9-12-32)61-49(70)43-13-10-18-64(43)51(72)37(53)23-34-25-54-27-56-34/h7-9,11-12,14-17,25-31,37-44,65H,10,13,18-24,53H2,1-6H3,(H,54,56)(H,55,57)(H,58,68)(H,59,66)(H,60,67)(H,61,70)(H,62,71)(H,63,69)(H,73,74)/t37-,38-,39+,40-,41-,42-,43-,44-/m0/s1. The van der Waals surface area contributed by atoms with Crippen molar-refractivity contribution in [2.24, 2.45) is 23.5 Å². The average Bonchev–Trinajstić information content (AvgIpc) is 4.17. The van der Waals surface area contributed by atoms with E-state index in [1.54, 1.807) is 50.4 Å². The number of nitrogens with two attached hydrogens (primary N) is 1. The number of aromatic nitrogens is 4. The fraction of sp³-hybridized carbons (Fsp3) is 0.500. The molecule has 12 N–H and O–H groups in total. The molecule has 0 radical (unpaired) electrons. The van der Waals surface area contributed by atoms with Gasteiger partial charge in [-0.15, -0.1) is 0 Å². The summed E-state index contributed by atoms with van der Waals surface area (Å²) >= 11 is 0. The molecule has 4 aromatic rings. The number of carboxylic acid groups (broad SMARTS) is 1. The maximum atomic E-state index is 14.5. The minimum Gasteiger partial charge on any atom is -0.508 e. The summed E-state index contributed by atoms with van der Waals surface area (Å²) in [6.07, 6.45) is 7.04. The first-order chi connectivity index (χ1) is 35.2. The molecule has 22 heteroatoms. The van der Waals surface area contributed by atoms with Gasteiger partial charge in [-0.3, -0.25) is 33.6 Å². The Kier molecular flexibility index (Phi) is 21.2. The number of carbonyl (C=O) groups excluding carboxylic acids is 7. The highest BCUT2D eigenvalue weighted by Crippen LogP contribution is 2.20. The fourth-order valence-electron chi connectivity index (χ4n) is 8.73. The van der Waals surface area contributed by atoms with Crippen LogP contribution in [0.5, 0.6) is 5.75 Å². The van der Waals surface area contributed by atoms with Gasteiger partial charge in [0.05, 0.1) is 18.7 Å². The predicted octanol–water partition coefficient (Wildman–Crippen LogP) is 1.17. The Morgan fingerprint density at radius 1 is 0.622 bits per heavy atom. The van der Waals surface area contributed by atoms with Crippen LogP contribution in [0.4, 0.5) is 0 Å². The van der Waals surface area contributed by atoms with Crippen molar-refractivity contribution in [3.63, 3.8) is 0 Å². The molecule has 400 valence electrons. The molecular formula is C52H72N12O10. The molecule has 0 unspecified atom stereocenters. The van der Waals surface area contributed by atoms with Gasteiger partial charge < -0.3 is 62.7 Å². The number of aliphatic carboxylic acids is 1. The molecule has 0 bridgehead atoms. The monoisotopic (exact) mass is 1020 g/mol. The Labute approximate surface area is 430 Å². The molecule has 1 aliphatic heterocycles. The lowest BCUT2D eigenvalue weighted by Gasteiger charge is -2.30. The summed E-state index contributed by atoms with van der Waals surface area (Å²) in [5, 5.41) is 36.1. The normalized spacial score (nSPS) is 16.3. The molecule has 74 heavy (non-hydrogen) atoms. The zero-order chi connectivity index (χ0) is 54.1. The van der Waals surface area contributed by atoms with E-state index in [-0.39, 0.29) is 62.7 Å². The van der Waals surface area contributed by atoms with Crippen LogP contribution in [0.15, 0.2) is 79.6 Å². The second-order valence-electron chi connectivity index (χ2n) is 20.1. The summed E-state index contributed by atoms with van der Waals surface area (Å²) in [7, 11) is 0. The van der Waals surface area contributed by atoms with Crippen LogP contribution in [0.25, 0.3) is 0 Å². The third-order valence-electron chi connectivity index (χ3n) is 12.6. The Balaban J connectivity index is 1.32. The number of carbonyl (C=O) groups is 8. The molecule has 1 fully saturated rings. The lowest BCUT2D eigenvalue weighted by molar-refractivity contribution is -0.142. The predicted molar refractivity (Wildman–Crippen MR) is 272 cm³/mol. The van der Waals surface area contributed by atoms with Crippen LogP contribution in [-0.2, 0) is 64.0 Å². The topological polar surface area (TPSA) is 336 Å². The highest BCUT2D eigenvalue weighted by atomic mass is 16.4. The van der Waals surface area contributed by atoms with Gasteiger partial charge in [-0.1, -0.05) is 84.0 Å². The van der Waals surface area contributed by atoms with E-state index >= 15 is 0 Å². The Bertz CT molecular complexity index is 2490. The third-order valence-corrected chi connectivity index (χ3v) is 12.6. The van der Waals surface area contributed by atoms with Gasteiger partial charge in [0.25, 0.3) is 0 Å². The van der Waals surface area contributed by atoms with Gasteiger partial charge in [0.15, 0.2) is 0 Å². The summed E-state index contributed by atoms with van der Waals surface area (Å²) in [5.74, 6) is -6.77. The minimum absolute atomic E-state index is 0.00734. The van der Waals surface area contributed by atoms with Crippen molar-refractivity contribution in [3.05, 3.63) is 102 Å². The molecule has 1 aliphatic rings. The molecule has 0 saturated carbocycles. The number of amides is 7. The molecule has 8 atom stereocenters. The lowest BCUT2D eigenvalue weighted by Crippen LogP contribution is -2.61. The van der Waals surface area contributed by atoms with Crippen molar-refractivity contribution < 1.29 is 48.6 Å². The van der Waals surface area contributed by atoms with E-state index in [0.717, 1.165) is 0 Å². The van der Waals surface area contributed by atoms with E-state index in [1.165, 1.54) is 48.0 Å². The number of phenols is 1. The average molecular weight is 1030 g/mol. The third kappa shape index (κ3) is 17.3. The van der Waals surface area contributed by atoms with Crippen molar-refractivity contribution in [2.45, 2.75) is 141 Å². The zero-order valence-electron chi connectivity index (χ0n) is 42.8. The van der Waals surface area contributed by atoms with Crippen LogP contribution >= 0.6 is 0 Å². The van der Waals surface area contributed by atoms with E-state index in [1.807, 2.05) is 27.7 Å². The number of carboxylic acids is 1. The number of rotatable bonds is 27. The zero-order valence-corrected chi connectivity index (χ0v) is 42.8. The highest BCUT2D eigenvalue weighted by Gasteiger charge is 2.39. The molecule has 1 saturated heterocycles. The number of nitrogens with zero attached hydrogens (tertiary/aromatic N) is 3. The van der Waals surface area contributed by atoms with E-state index < -0.39 is 102 Å². The number of hydrogen-bond donors (Lipinski definition) is 11. The van der Waals surface area contributed by atoms with Crippen LogP contribution < -0.4 is 37.6 Å². The van der Waals surface area contributed by atoms with Gasteiger partial charge in [0.1, 0.15) is 48.0 Å². The second kappa shape index (κ2) is 27.4. The van der Waals surface area contributed by atoms with Crippen molar-refractivity contribution in [1.82, 2.24) is 56.7 Å². The molecule has 0 aliphatic carbocycles. The van der Waals surface area contributed by atoms with Crippen molar-refractivity contribution in [3.8, 4) is 5.75 Å². The van der Waals surface area contributed by atoms with Gasteiger partial charge >= 0.3 is 5.97 Å². The number of imidazole rings is 2. The molecule has 7 amide bonds. The SMILES string of the molecule is CC(C)C[C@H](NC(=O)[C@H](Cc1cnc[nH]1)NC(=O)[C@H](Cc1ccccc1)NC(=O)[C@@H]1CCCN1C(=O)[C@@H](N)Cc1cnc[nH]1)C(=O)N[C@H](CC(C)C)C(=O)N[C@H](C(=O)N[C@@H](Cc1ccc(O)cc1)C(=O)O)C(C)C. The van der Waals surface area contributed by atoms with E-state index in [0.29, 0.717) is 35.4 Å². The van der Waals surface area contributed by atoms with Crippen LogP contribution in [0.3, 0.4) is 0 Å². The van der Waals surface area contributed by atoms with Crippen LogP contribution in [-0.4, -0.2) is 137 Å². The summed E-state index contributed by atoms with van der Waals surface area (Å²) in [4.78, 5) is 126. The molecule has 2 aromatic carbocycles. The van der Waals surface area contributed by atoms with E-state index in [4.69, 9.17) is 5.73 Å². The van der Waals surface area contributed by atoms with Crippen molar-refractivity contribution in [2.75, 3.05) is 6.54 Å². The summed E-state index contributed by atoms with van der Waals surface area (Å²) in [6, 6.07) is 5.41. The smallest absolute Gasteiger partial charge is 0.326 e. The number of nitrogens with one attached hydrogen (secondary N) is 8. The maximum Gasteiger partial charge on any atom is 0.326 e. The molecule has 5 rings (SSSR count). The highest BCUT2D eigenvalue weighted by molar-refractivity contribution is 5.98. The number of phenolic OH excluding ortho intramolecular Hbond substituents is 1. The quantitative estimate of drug-likeness (QED) is 0.0400. The van der Waals surface area contributed by atoms with Crippen LogP contribution in [0.1, 0.15) is 89.7 Å². The number of likely N-dealkylation sites (tertiary alicyclic amines) is 1. The second-order valence-corrected chi connectivity index (χ2v) is 20.1. The van der Waals surface area contributed by atoms with Gasteiger partial charge in [0.2, 0.25) is 41.4 Å². The first-order valence-electron chi connectivity index (χ1n) is 25.1. The van der Waals surface area contributed by atoms with Gasteiger partial charge in [0, 0.05) is 56.0 Å². The number of hydrogen-bond acceptors (Lipinski definition) is 12. The van der Waals surface area contributed by atoms with Crippen molar-refractivity contribution in [1.29, 1.82) is 0 Å². The van der Waals surface area contributed by atoms with E-state index in [2.05, 4.69) is 51.8 Å². The van der Waals surface area contributed by atoms with Gasteiger partial charge in [-0.25, -0.2) is 14.8 Å². The maximum absolute atomic E-state index is 14.5. The first-order valence-corrected chi connectivity index (χ1v) is 25.1. The number of H-pyrrole nitrogens is 2. The number of benzene rings is 2. The van der Waals surface area contributed by atoms with Crippen LogP contribution in [0.2, 0.25) is 0 Å². The molecule has 0 spiro atoms. The van der Waals surface area contributed by atoms with Crippen molar-refractivity contribution >= 4 is 47.3 Å². The number of aromatic hydroxyl groups is 1.